The van der Waals surface area contributed by atoms with E-state index in [2.05, 4.69) is 35.2 Å². The Bertz CT molecular complexity index is 1760. The van der Waals surface area contributed by atoms with Gasteiger partial charge in [-0.3, -0.25) is 9.69 Å². The first-order valence-corrected chi connectivity index (χ1v) is 16.1. The molecule has 0 aromatic heterocycles. The Labute approximate surface area is 268 Å². The summed E-state index contributed by atoms with van der Waals surface area (Å²) in [6.45, 7) is 1.48. The molecule has 2 aliphatic carbocycles. The Morgan fingerprint density at radius 1 is 0.717 bits per heavy atom. The van der Waals surface area contributed by atoms with Crippen molar-refractivity contribution in [3.63, 3.8) is 0 Å². The van der Waals surface area contributed by atoms with E-state index in [0.717, 1.165) is 53.0 Å². The van der Waals surface area contributed by atoms with Crippen LogP contribution in [0, 0.1) is 0 Å². The van der Waals surface area contributed by atoms with E-state index in [1.54, 1.807) is 29.2 Å². The highest BCUT2D eigenvalue weighted by atomic mass is 16.6. The van der Waals surface area contributed by atoms with E-state index >= 15 is 0 Å². The molecule has 0 radical (unpaired) electrons. The Morgan fingerprint density at radius 3 is 2.04 bits per heavy atom. The molecule has 1 saturated carbocycles. The van der Waals surface area contributed by atoms with Crippen LogP contribution < -0.4 is 9.80 Å². The van der Waals surface area contributed by atoms with Gasteiger partial charge in [-0.1, -0.05) is 78.9 Å². The van der Waals surface area contributed by atoms with Crippen molar-refractivity contribution >= 4 is 29.3 Å². The van der Waals surface area contributed by atoms with Crippen LogP contribution in [0.15, 0.2) is 103 Å². The number of fused-ring (bicyclic) bond motifs is 4. The molecule has 2 aliphatic heterocycles. The molecule has 2 heterocycles. The predicted molar refractivity (Wildman–Crippen MR) is 175 cm³/mol. The molecule has 8 nitrogen and oxygen atoms in total. The number of carbonyl (C=O) groups is 3. The Hall–Kier alpha value is -5.11. The summed E-state index contributed by atoms with van der Waals surface area (Å²) in [5, 5.41) is 0. The largest absolute Gasteiger partial charge is 0.457 e. The maximum absolute atomic E-state index is 14.4. The van der Waals surface area contributed by atoms with Crippen LogP contribution in [-0.2, 0) is 14.3 Å². The van der Waals surface area contributed by atoms with Gasteiger partial charge in [0.25, 0.3) is 0 Å². The van der Waals surface area contributed by atoms with Gasteiger partial charge >= 0.3 is 12.1 Å². The number of rotatable bonds is 6. The summed E-state index contributed by atoms with van der Waals surface area (Å²) >= 11 is 0. The SMILES string of the molecule is O=C(OC1CC(C(=O)N2CCN(C3CC3)c3ccccc32)N(C(=O)OCC2c3ccccc3-c3ccccc32)C1)c1ccccc1. The highest BCUT2D eigenvalue weighted by Crippen LogP contribution is 2.45. The molecule has 8 rings (SSSR count). The van der Waals surface area contributed by atoms with E-state index in [1.165, 1.54) is 4.90 Å². The number of esters is 1. The molecule has 0 bridgehead atoms. The zero-order chi connectivity index (χ0) is 31.2. The van der Waals surface area contributed by atoms with E-state index in [4.69, 9.17) is 9.47 Å². The molecule has 2 fully saturated rings. The fourth-order valence-corrected chi connectivity index (χ4v) is 7.35. The van der Waals surface area contributed by atoms with Crippen molar-refractivity contribution in [1.82, 2.24) is 4.90 Å². The van der Waals surface area contributed by atoms with E-state index in [1.807, 2.05) is 48.5 Å². The molecule has 46 heavy (non-hydrogen) atoms. The summed E-state index contributed by atoms with van der Waals surface area (Å²) in [5.74, 6) is -0.772. The van der Waals surface area contributed by atoms with Crippen LogP contribution in [0.25, 0.3) is 11.1 Å². The second kappa shape index (κ2) is 11.7. The number of likely N-dealkylation sites (tertiary alicyclic amines) is 1. The maximum Gasteiger partial charge on any atom is 0.410 e. The minimum atomic E-state index is -0.829. The van der Waals surface area contributed by atoms with Gasteiger partial charge in [0.05, 0.1) is 23.5 Å². The third-order valence-corrected chi connectivity index (χ3v) is 9.70. The second-order valence-corrected chi connectivity index (χ2v) is 12.5. The van der Waals surface area contributed by atoms with Gasteiger partial charge in [0.2, 0.25) is 5.91 Å². The lowest BCUT2D eigenvalue weighted by molar-refractivity contribution is -0.122. The van der Waals surface area contributed by atoms with Crippen molar-refractivity contribution in [3.05, 3.63) is 120 Å². The summed E-state index contributed by atoms with van der Waals surface area (Å²) < 4.78 is 11.9. The molecule has 0 N–H and O–H groups in total. The predicted octanol–water partition coefficient (Wildman–Crippen LogP) is 6.25. The van der Waals surface area contributed by atoms with Crippen molar-refractivity contribution in [2.45, 2.75) is 43.4 Å². The second-order valence-electron chi connectivity index (χ2n) is 12.5. The van der Waals surface area contributed by atoms with Crippen molar-refractivity contribution in [1.29, 1.82) is 0 Å². The zero-order valence-electron chi connectivity index (χ0n) is 25.5. The number of para-hydroxylation sites is 2. The van der Waals surface area contributed by atoms with Crippen LogP contribution >= 0.6 is 0 Å². The van der Waals surface area contributed by atoms with Crippen molar-refractivity contribution < 1.29 is 23.9 Å². The van der Waals surface area contributed by atoms with Crippen molar-refractivity contribution in [2.75, 3.05) is 36.0 Å². The van der Waals surface area contributed by atoms with Crippen molar-refractivity contribution in [3.8, 4) is 11.1 Å². The lowest BCUT2D eigenvalue weighted by Crippen LogP contribution is -2.52. The third-order valence-electron chi connectivity index (χ3n) is 9.70. The average molecular weight is 614 g/mol. The lowest BCUT2D eigenvalue weighted by Gasteiger charge is -2.39. The molecule has 232 valence electrons. The first kappa shape index (κ1) is 28.4. The fourth-order valence-electron chi connectivity index (χ4n) is 7.35. The van der Waals surface area contributed by atoms with Gasteiger partial charge in [0.15, 0.2) is 0 Å². The van der Waals surface area contributed by atoms with Crippen LogP contribution in [0.2, 0.25) is 0 Å². The van der Waals surface area contributed by atoms with Gasteiger partial charge in [0, 0.05) is 31.5 Å². The number of amides is 2. The number of hydrogen-bond acceptors (Lipinski definition) is 6. The quantitative estimate of drug-likeness (QED) is 0.239. The summed E-state index contributed by atoms with van der Waals surface area (Å²) in [6.07, 6.45) is 1.30. The van der Waals surface area contributed by atoms with Gasteiger partial charge < -0.3 is 19.3 Å². The monoisotopic (exact) mass is 613 g/mol. The molecule has 8 heteroatoms. The number of anilines is 2. The molecule has 2 atom stereocenters. The van der Waals surface area contributed by atoms with Crippen LogP contribution in [0.3, 0.4) is 0 Å². The maximum atomic E-state index is 14.4. The number of carbonyl (C=O) groups excluding carboxylic acids is 3. The first-order chi connectivity index (χ1) is 22.6. The van der Waals surface area contributed by atoms with Gasteiger partial charge in [-0.25, -0.2) is 9.59 Å². The molecular formula is C38H35N3O5. The van der Waals surface area contributed by atoms with E-state index < -0.39 is 24.2 Å². The summed E-state index contributed by atoms with van der Waals surface area (Å²) in [4.78, 5) is 46.9. The van der Waals surface area contributed by atoms with Crippen LogP contribution in [0.4, 0.5) is 16.2 Å². The molecular weight excluding hydrogens is 578 g/mol. The smallest absolute Gasteiger partial charge is 0.410 e. The third kappa shape index (κ3) is 5.07. The highest BCUT2D eigenvalue weighted by molar-refractivity contribution is 6.02. The topological polar surface area (TPSA) is 79.4 Å². The number of benzene rings is 4. The normalized spacial score (nSPS) is 20.1. The summed E-state index contributed by atoms with van der Waals surface area (Å²) in [5.41, 5.74) is 6.84. The molecule has 4 aromatic carbocycles. The molecule has 0 spiro atoms. The van der Waals surface area contributed by atoms with Crippen LogP contribution in [-0.4, -0.2) is 67.3 Å². The van der Waals surface area contributed by atoms with Gasteiger partial charge in [-0.2, -0.15) is 0 Å². The summed E-state index contributed by atoms with van der Waals surface area (Å²) in [6, 6.07) is 32.8. The molecule has 2 amide bonds. The number of nitrogens with zero attached hydrogens (tertiary/aromatic N) is 3. The Kier molecular flexibility index (Phi) is 7.20. The fraction of sp³-hybridized carbons (Fsp3) is 0.289. The number of hydrogen-bond donors (Lipinski definition) is 0. The molecule has 1 saturated heterocycles. The van der Waals surface area contributed by atoms with Crippen LogP contribution in [0.1, 0.15) is 46.7 Å². The minimum absolute atomic E-state index is 0.0787. The standard InChI is InChI=1S/C38H35N3O5/c42-36(40-21-20-39(26-18-19-26)33-16-8-9-17-34(33)40)35-22-27(46-37(43)25-10-2-1-3-11-25)23-41(35)38(44)45-24-32-30-14-6-4-12-28(30)29-13-5-7-15-31(29)32/h1-17,26-27,32,35H,18-24H2. The van der Waals surface area contributed by atoms with Gasteiger partial charge in [-0.05, 0) is 59.4 Å². The van der Waals surface area contributed by atoms with Gasteiger partial charge in [0.1, 0.15) is 18.8 Å². The lowest BCUT2D eigenvalue weighted by atomic mass is 9.98. The number of ether oxygens (including phenoxy) is 2. The highest BCUT2D eigenvalue weighted by Gasteiger charge is 2.46. The van der Waals surface area contributed by atoms with Gasteiger partial charge in [-0.15, -0.1) is 0 Å². The van der Waals surface area contributed by atoms with Crippen molar-refractivity contribution in [2.24, 2.45) is 0 Å². The Balaban J connectivity index is 1.05. The first-order valence-electron chi connectivity index (χ1n) is 16.1. The molecule has 4 aliphatic rings. The van der Waals surface area contributed by atoms with E-state index in [-0.39, 0.29) is 31.4 Å². The van der Waals surface area contributed by atoms with Crippen LogP contribution in [0.5, 0.6) is 0 Å². The summed E-state index contributed by atoms with van der Waals surface area (Å²) in [7, 11) is 0. The molecule has 2 unspecified atom stereocenters. The average Bonchev–Trinajstić information content (AvgIpc) is 3.79. The van der Waals surface area contributed by atoms with E-state index in [9.17, 15) is 14.4 Å². The molecule has 4 aromatic rings. The minimum Gasteiger partial charge on any atom is -0.457 e. The van der Waals surface area contributed by atoms with E-state index in [0.29, 0.717) is 18.2 Å². The Morgan fingerprint density at radius 2 is 1.35 bits per heavy atom. The zero-order valence-corrected chi connectivity index (χ0v) is 25.5.